The van der Waals surface area contributed by atoms with E-state index in [1.807, 2.05) is 18.2 Å². The quantitative estimate of drug-likeness (QED) is 0.723. The molecule has 6 heteroatoms. The molecule has 0 saturated heterocycles. The first kappa shape index (κ1) is 14.4. The van der Waals surface area contributed by atoms with E-state index in [0.29, 0.717) is 0 Å². The van der Waals surface area contributed by atoms with Gasteiger partial charge in [0.15, 0.2) is 0 Å². The van der Waals surface area contributed by atoms with Gasteiger partial charge in [0.25, 0.3) is 0 Å². The summed E-state index contributed by atoms with van der Waals surface area (Å²) in [6.07, 6.45) is 6.71. The van der Waals surface area contributed by atoms with Gasteiger partial charge in [0.05, 0.1) is 17.3 Å². The molecule has 1 atom stereocenters. The maximum Gasteiger partial charge on any atom is 0.314 e. The van der Waals surface area contributed by atoms with Gasteiger partial charge >= 0.3 is 5.97 Å². The van der Waals surface area contributed by atoms with Crippen molar-refractivity contribution >= 4 is 39.8 Å². The lowest BCUT2D eigenvalue weighted by Gasteiger charge is -2.15. The second-order valence-corrected chi connectivity index (χ2v) is 6.09. The number of amides is 1. The molecule has 2 aliphatic rings. The Kier molecular flexibility index (Phi) is 4.52. The minimum atomic E-state index is -0.325. The first-order valence-electron chi connectivity index (χ1n) is 5.89. The van der Waals surface area contributed by atoms with Crippen molar-refractivity contribution in [2.24, 2.45) is 0 Å². The van der Waals surface area contributed by atoms with E-state index in [4.69, 9.17) is 4.18 Å². The van der Waals surface area contributed by atoms with Crippen molar-refractivity contribution in [1.82, 2.24) is 4.90 Å². The molecule has 0 spiro atoms. The first-order chi connectivity index (χ1) is 8.99. The molecule has 0 aromatic rings. The number of carbonyl (C=O) groups excluding carboxylic acids is 2. The molecular formula is C13H14BrNO3S. The predicted octanol–water partition coefficient (Wildman–Crippen LogP) is 2.92. The molecular weight excluding hydrogens is 330 g/mol. The SMILES string of the molecule is CC(=O)OSC1C=CC2=C(C=C1Br)CCN2C(C)=O. The van der Waals surface area contributed by atoms with Crippen LogP contribution in [0.15, 0.2) is 34.0 Å². The monoisotopic (exact) mass is 343 g/mol. The molecule has 0 N–H and O–H groups in total. The van der Waals surface area contributed by atoms with Crippen LogP contribution in [0, 0.1) is 0 Å². The van der Waals surface area contributed by atoms with Crippen molar-refractivity contribution in [3.8, 4) is 0 Å². The lowest BCUT2D eigenvalue weighted by atomic mass is 10.2. The zero-order valence-electron chi connectivity index (χ0n) is 10.7. The standard InChI is InChI=1S/C13H14BrNO3S/c1-8(16)15-6-5-10-7-11(14)13(4-3-12(10)15)19-18-9(2)17/h3-4,7,13H,5-6H2,1-2H3. The first-order valence-corrected chi connectivity index (χ1v) is 7.49. The van der Waals surface area contributed by atoms with Crippen LogP contribution in [0.4, 0.5) is 0 Å². The number of rotatable bonds is 2. The van der Waals surface area contributed by atoms with E-state index in [-0.39, 0.29) is 17.1 Å². The van der Waals surface area contributed by atoms with Crippen molar-refractivity contribution < 1.29 is 13.8 Å². The van der Waals surface area contributed by atoms with Crippen molar-refractivity contribution in [3.05, 3.63) is 34.0 Å². The summed E-state index contributed by atoms with van der Waals surface area (Å²) >= 11 is 4.60. The Hall–Kier alpha value is -1.01. The average Bonchev–Trinajstić information content (AvgIpc) is 2.65. The van der Waals surface area contributed by atoms with Crippen LogP contribution in [-0.2, 0) is 13.8 Å². The van der Waals surface area contributed by atoms with Gasteiger partial charge in [-0.2, -0.15) is 0 Å². The van der Waals surface area contributed by atoms with E-state index < -0.39 is 0 Å². The van der Waals surface area contributed by atoms with Gasteiger partial charge in [-0.25, -0.2) is 0 Å². The summed E-state index contributed by atoms with van der Waals surface area (Å²) in [5, 5.41) is -0.0803. The highest BCUT2D eigenvalue weighted by atomic mass is 79.9. The smallest absolute Gasteiger partial charge is 0.314 e. The minimum Gasteiger partial charge on any atom is -0.391 e. The van der Waals surface area contributed by atoms with Crippen LogP contribution in [0.5, 0.6) is 0 Å². The lowest BCUT2D eigenvalue weighted by Crippen LogP contribution is -2.24. The maximum atomic E-state index is 11.5. The molecule has 2 rings (SSSR count). The number of hydrogen-bond donors (Lipinski definition) is 0. The van der Waals surface area contributed by atoms with Crippen molar-refractivity contribution in [1.29, 1.82) is 0 Å². The van der Waals surface area contributed by atoms with Crippen LogP contribution in [0.2, 0.25) is 0 Å². The molecule has 1 aliphatic heterocycles. The maximum absolute atomic E-state index is 11.5. The average molecular weight is 344 g/mol. The molecule has 19 heavy (non-hydrogen) atoms. The topological polar surface area (TPSA) is 46.6 Å². The molecule has 0 aromatic carbocycles. The summed E-state index contributed by atoms with van der Waals surface area (Å²) in [4.78, 5) is 24.2. The van der Waals surface area contributed by atoms with Gasteiger partial charge in [0, 0.05) is 30.6 Å². The van der Waals surface area contributed by atoms with Gasteiger partial charge in [-0.15, -0.1) is 0 Å². The van der Waals surface area contributed by atoms with Crippen molar-refractivity contribution in [2.75, 3.05) is 6.54 Å². The van der Waals surface area contributed by atoms with E-state index in [9.17, 15) is 9.59 Å². The van der Waals surface area contributed by atoms with Crippen LogP contribution in [-0.4, -0.2) is 28.6 Å². The molecule has 1 amide bonds. The predicted molar refractivity (Wildman–Crippen MR) is 78.3 cm³/mol. The molecule has 0 aromatic heterocycles. The Morgan fingerprint density at radius 3 is 2.84 bits per heavy atom. The molecule has 4 nitrogen and oxygen atoms in total. The second-order valence-electron chi connectivity index (χ2n) is 4.31. The highest BCUT2D eigenvalue weighted by Crippen LogP contribution is 2.35. The third kappa shape index (κ3) is 3.30. The number of nitrogens with zero attached hydrogens (tertiary/aromatic N) is 1. The summed E-state index contributed by atoms with van der Waals surface area (Å²) < 4.78 is 5.90. The van der Waals surface area contributed by atoms with Crippen LogP contribution in [0.3, 0.4) is 0 Å². The van der Waals surface area contributed by atoms with Crippen molar-refractivity contribution in [3.63, 3.8) is 0 Å². The van der Waals surface area contributed by atoms with Gasteiger partial charge in [-0.05, 0) is 24.1 Å². The molecule has 1 heterocycles. The Morgan fingerprint density at radius 2 is 2.21 bits per heavy atom. The molecule has 102 valence electrons. The third-order valence-corrected chi connectivity index (χ3v) is 4.86. The van der Waals surface area contributed by atoms with E-state index in [1.165, 1.54) is 6.92 Å². The fourth-order valence-electron chi connectivity index (χ4n) is 2.04. The summed E-state index contributed by atoms with van der Waals surface area (Å²) in [5.41, 5.74) is 2.07. The van der Waals surface area contributed by atoms with E-state index >= 15 is 0 Å². The summed E-state index contributed by atoms with van der Waals surface area (Å²) in [7, 11) is 0. The van der Waals surface area contributed by atoms with Crippen LogP contribution in [0.25, 0.3) is 0 Å². The third-order valence-electron chi connectivity index (χ3n) is 2.89. The highest BCUT2D eigenvalue weighted by molar-refractivity contribution is 9.11. The van der Waals surface area contributed by atoms with Gasteiger partial charge in [-0.1, -0.05) is 22.0 Å². The summed E-state index contributed by atoms with van der Waals surface area (Å²) in [6.45, 7) is 3.67. The van der Waals surface area contributed by atoms with E-state index in [2.05, 4.69) is 15.9 Å². The lowest BCUT2D eigenvalue weighted by molar-refractivity contribution is -0.130. The Balaban J connectivity index is 2.19. The second kappa shape index (κ2) is 5.96. The summed E-state index contributed by atoms with van der Waals surface area (Å²) in [5.74, 6) is -0.279. The van der Waals surface area contributed by atoms with Crippen LogP contribution >= 0.6 is 28.0 Å². The molecule has 0 fully saturated rings. The number of hydrogen-bond acceptors (Lipinski definition) is 4. The molecule has 0 bridgehead atoms. The van der Waals surface area contributed by atoms with E-state index in [1.54, 1.807) is 11.8 Å². The van der Waals surface area contributed by atoms with Crippen LogP contribution in [0.1, 0.15) is 20.3 Å². The molecule has 0 saturated carbocycles. The molecule has 1 unspecified atom stereocenters. The molecule has 1 aliphatic carbocycles. The van der Waals surface area contributed by atoms with Gasteiger partial charge < -0.3 is 9.08 Å². The van der Waals surface area contributed by atoms with Gasteiger partial charge in [-0.3, -0.25) is 9.59 Å². The van der Waals surface area contributed by atoms with Crippen LogP contribution < -0.4 is 0 Å². The minimum absolute atomic E-state index is 0.0465. The fourth-order valence-corrected chi connectivity index (χ4v) is 3.24. The highest BCUT2D eigenvalue weighted by Gasteiger charge is 2.26. The fraction of sp³-hybridized carbons (Fsp3) is 0.385. The number of allylic oxidation sites excluding steroid dienone is 2. The zero-order valence-corrected chi connectivity index (χ0v) is 13.1. The van der Waals surface area contributed by atoms with E-state index in [0.717, 1.165) is 40.8 Å². The van der Waals surface area contributed by atoms with Crippen molar-refractivity contribution in [2.45, 2.75) is 25.5 Å². The Bertz CT molecular complexity index is 510. The number of carbonyl (C=O) groups is 2. The zero-order chi connectivity index (χ0) is 14.0. The normalized spacial score (nSPS) is 21.9. The summed E-state index contributed by atoms with van der Waals surface area (Å²) in [6, 6.07) is 0. The Morgan fingerprint density at radius 1 is 1.47 bits per heavy atom. The Labute approximate surface area is 124 Å². The largest absolute Gasteiger partial charge is 0.391 e. The molecule has 0 radical (unpaired) electrons. The number of halogens is 1. The van der Waals surface area contributed by atoms with Gasteiger partial charge in [0.1, 0.15) is 0 Å². The van der Waals surface area contributed by atoms with Gasteiger partial charge in [0.2, 0.25) is 5.91 Å².